The number of carbonyl (C=O) groups excluding carboxylic acids is 1. The van der Waals surface area contributed by atoms with E-state index in [4.69, 9.17) is 0 Å². The van der Waals surface area contributed by atoms with Crippen LogP contribution in [0.2, 0.25) is 0 Å². The van der Waals surface area contributed by atoms with Crippen molar-refractivity contribution in [1.82, 2.24) is 15.5 Å². The Hall–Kier alpha value is -1.22. The summed E-state index contributed by atoms with van der Waals surface area (Å²) in [6, 6.07) is 0.0972. The summed E-state index contributed by atoms with van der Waals surface area (Å²) in [4.78, 5) is 11.5. The second-order valence-electron chi connectivity index (χ2n) is 3.96. The lowest BCUT2D eigenvalue weighted by atomic mass is 10.1. The first-order chi connectivity index (χ1) is 8.45. The maximum Gasteiger partial charge on any atom is 0.445 e. The molecular formula is C9H11F3N4OS. The van der Waals surface area contributed by atoms with E-state index in [9.17, 15) is 18.0 Å². The number of nitrogens with one attached hydrogen (secondary N) is 2. The fourth-order valence-corrected chi connectivity index (χ4v) is 2.34. The van der Waals surface area contributed by atoms with E-state index in [0.29, 0.717) is 11.3 Å². The van der Waals surface area contributed by atoms with Gasteiger partial charge in [-0.2, -0.15) is 13.2 Å². The summed E-state index contributed by atoms with van der Waals surface area (Å²) in [5, 5.41) is 10.6. The molecule has 2 rings (SSSR count). The molecule has 0 aromatic carbocycles. The zero-order valence-corrected chi connectivity index (χ0v) is 10.1. The lowest BCUT2D eigenvalue weighted by Crippen LogP contribution is -2.27. The molecular weight excluding hydrogens is 269 g/mol. The summed E-state index contributed by atoms with van der Waals surface area (Å²) in [5.74, 6) is -0.348. The monoisotopic (exact) mass is 280 g/mol. The molecule has 1 aliphatic rings. The van der Waals surface area contributed by atoms with Gasteiger partial charge in [-0.05, 0) is 19.4 Å². The molecule has 0 spiro atoms. The fraction of sp³-hybridized carbons (Fsp3) is 0.667. The van der Waals surface area contributed by atoms with E-state index in [1.54, 1.807) is 0 Å². The van der Waals surface area contributed by atoms with Crippen LogP contribution in [0, 0.1) is 0 Å². The molecule has 1 atom stereocenters. The maximum absolute atomic E-state index is 12.3. The van der Waals surface area contributed by atoms with Crippen LogP contribution in [0.1, 0.15) is 24.3 Å². The third-order valence-corrected chi connectivity index (χ3v) is 3.39. The third kappa shape index (κ3) is 3.39. The number of halogens is 3. The molecule has 18 heavy (non-hydrogen) atoms. The number of carbonyl (C=O) groups is 1. The molecule has 1 fully saturated rings. The van der Waals surface area contributed by atoms with E-state index in [2.05, 4.69) is 20.8 Å². The normalized spacial score (nSPS) is 20.1. The Balaban J connectivity index is 1.88. The van der Waals surface area contributed by atoms with Crippen LogP contribution < -0.4 is 10.6 Å². The first kappa shape index (κ1) is 13.2. The van der Waals surface area contributed by atoms with Gasteiger partial charge in [0.2, 0.25) is 16.0 Å². The van der Waals surface area contributed by atoms with Gasteiger partial charge in [0.25, 0.3) is 0 Å². The molecule has 0 radical (unpaired) electrons. The van der Waals surface area contributed by atoms with Crippen molar-refractivity contribution in [3.05, 3.63) is 5.01 Å². The summed E-state index contributed by atoms with van der Waals surface area (Å²) in [6.45, 7) is 0.870. The molecule has 1 unspecified atom stereocenters. The minimum atomic E-state index is -4.52. The average molecular weight is 280 g/mol. The van der Waals surface area contributed by atoms with E-state index in [0.717, 1.165) is 19.4 Å². The number of nitrogens with zero attached hydrogens (tertiary/aromatic N) is 2. The smallest absolute Gasteiger partial charge is 0.313 e. The van der Waals surface area contributed by atoms with Gasteiger partial charge in [-0.3, -0.25) is 4.79 Å². The van der Waals surface area contributed by atoms with Crippen molar-refractivity contribution in [2.75, 3.05) is 11.9 Å². The predicted octanol–water partition coefficient (Wildman–Crippen LogP) is 1.64. The van der Waals surface area contributed by atoms with Gasteiger partial charge in [-0.1, -0.05) is 11.3 Å². The van der Waals surface area contributed by atoms with Crippen LogP contribution in [0.25, 0.3) is 0 Å². The van der Waals surface area contributed by atoms with Crippen molar-refractivity contribution in [2.45, 2.75) is 31.5 Å². The van der Waals surface area contributed by atoms with Gasteiger partial charge >= 0.3 is 6.18 Å². The highest BCUT2D eigenvalue weighted by atomic mass is 32.1. The topological polar surface area (TPSA) is 66.9 Å². The third-order valence-electron chi connectivity index (χ3n) is 2.51. The van der Waals surface area contributed by atoms with Crippen molar-refractivity contribution < 1.29 is 18.0 Å². The highest BCUT2D eigenvalue weighted by Gasteiger charge is 2.35. The van der Waals surface area contributed by atoms with Crippen molar-refractivity contribution in [2.24, 2.45) is 0 Å². The molecule has 2 N–H and O–H groups in total. The van der Waals surface area contributed by atoms with Crippen LogP contribution in [-0.2, 0) is 11.0 Å². The molecule has 1 aromatic rings. The zero-order valence-electron chi connectivity index (χ0n) is 9.25. The Bertz CT molecular complexity index is 428. The van der Waals surface area contributed by atoms with Gasteiger partial charge in [0.15, 0.2) is 0 Å². The molecule has 2 heterocycles. The molecule has 1 aromatic heterocycles. The van der Waals surface area contributed by atoms with E-state index in [1.807, 2.05) is 0 Å². The molecule has 1 amide bonds. The highest BCUT2D eigenvalue weighted by Crippen LogP contribution is 2.33. The quantitative estimate of drug-likeness (QED) is 0.883. The van der Waals surface area contributed by atoms with Gasteiger partial charge in [0, 0.05) is 12.5 Å². The minimum Gasteiger partial charge on any atom is -0.313 e. The van der Waals surface area contributed by atoms with Crippen LogP contribution in [0.15, 0.2) is 0 Å². The molecule has 0 aliphatic carbocycles. The number of aromatic nitrogens is 2. The lowest BCUT2D eigenvalue weighted by Gasteiger charge is -2.08. The van der Waals surface area contributed by atoms with Crippen LogP contribution in [0.4, 0.5) is 18.3 Å². The lowest BCUT2D eigenvalue weighted by molar-refractivity contribution is -0.138. The second-order valence-corrected chi connectivity index (χ2v) is 4.93. The molecule has 100 valence electrons. The molecule has 0 bridgehead atoms. The van der Waals surface area contributed by atoms with E-state index < -0.39 is 11.2 Å². The predicted molar refractivity (Wildman–Crippen MR) is 59.2 cm³/mol. The number of anilines is 1. The van der Waals surface area contributed by atoms with Gasteiger partial charge in [0.05, 0.1) is 0 Å². The Morgan fingerprint density at radius 1 is 1.50 bits per heavy atom. The molecule has 1 saturated heterocycles. The van der Waals surface area contributed by atoms with Gasteiger partial charge < -0.3 is 10.6 Å². The van der Waals surface area contributed by atoms with Crippen molar-refractivity contribution in [1.29, 1.82) is 0 Å². The van der Waals surface area contributed by atoms with E-state index in [1.165, 1.54) is 0 Å². The van der Waals surface area contributed by atoms with E-state index in [-0.39, 0.29) is 23.5 Å². The highest BCUT2D eigenvalue weighted by molar-refractivity contribution is 7.15. The van der Waals surface area contributed by atoms with Gasteiger partial charge in [-0.15, -0.1) is 10.2 Å². The number of hydrogen-bond donors (Lipinski definition) is 2. The first-order valence-electron chi connectivity index (χ1n) is 5.39. The Morgan fingerprint density at radius 2 is 2.28 bits per heavy atom. The minimum absolute atomic E-state index is 0.0972. The number of hydrogen-bond acceptors (Lipinski definition) is 5. The number of alkyl halides is 3. The Morgan fingerprint density at radius 3 is 2.83 bits per heavy atom. The summed E-state index contributed by atoms with van der Waals surface area (Å²) >= 11 is 0.326. The SMILES string of the molecule is O=C(CC1CCCN1)Nc1nnc(C(F)(F)F)s1. The summed E-state index contributed by atoms with van der Waals surface area (Å²) < 4.78 is 36.8. The standard InChI is InChI=1S/C9H11F3N4OS/c10-9(11,12)7-15-16-8(18-7)14-6(17)4-5-2-1-3-13-5/h5,13H,1-4H2,(H,14,16,17). The molecule has 1 aliphatic heterocycles. The fourth-order valence-electron chi connectivity index (χ4n) is 1.71. The summed E-state index contributed by atoms with van der Waals surface area (Å²) in [5.41, 5.74) is 0. The van der Waals surface area contributed by atoms with Crippen molar-refractivity contribution in [3.8, 4) is 0 Å². The van der Waals surface area contributed by atoms with Gasteiger partial charge in [0.1, 0.15) is 0 Å². The number of rotatable bonds is 3. The molecule has 9 heteroatoms. The first-order valence-corrected chi connectivity index (χ1v) is 6.21. The Labute approximate surface area is 105 Å². The van der Waals surface area contributed by atoms with Crippen LogP contribution in [0.5, 0.6) is 0 Å². The summed E-state index contributed by atoms with van der Waals surface area (Å²) in [7, 11) is 0. The van der Waals surface area contributed by atoms with Crippen molar-refractivity contribution >= 4 is 22.4 Å². The second kappa shape index (κ2) is 5.19. The molecule has 0 saturated carbocycles. The van der Waals surface area contributed by atoms with Crippen LogP contribution >= 0.6 is 11.3 Å². The molecule has 5 nitrogen and oxygen atoms in total. The largest absolute Gasteiger partial charge is 0.445 e. The van der Waals surface area contributed by atoms with Crippen molar-refractivity contribution in [3.63, 3.8) is 0 Å². The average Bonchev–Trinajstić information content (AvgIpc) is 2.87. The summed E-state index contributed by atoms with van der Waals surface area (Å²) in [6.07, 6.45) is -2.37. The number of amides is 1. The van der Waals surface area contributed by atoms with Crippen LogP contribution in [0.3, 0.4) is 0 Å². The van der Waals surface area contributed by atoms with Gasteiger partial charge in [-0.25, -0.2) is 0 Å². The van der Waals surface area contributed by atoms with E-state index >= 15 is 0 Å². The Kier molecular flexibility index (Phi) is 3.81. The maximum atomic E-state index is 12.3. The van der Waals surface area contributed by atoms with Crippen LogP contribution in [-0.4, -0.2) is 28.7 Å². The zero-order chi connectivity index (χ0) is 13.2.